The minimum Gasteiger partial charge on any atom is -0.494 e. The van der Waals surface area contributed by atoms with Crippen molar-refractivity contribution in [3.05, 3.63) is 60.2 Å². The van der Waals surface area contributed by atoms with Crippen molar-refractivity contribution in [2.75, 3.05) is 21.3 Å². The van der Waals surface area contributed by atoms with E-state index < -0.39 is 40.2 Å². The largest absolute Gasteiger partial charge is 0.494 e. The Bertz CT molecular complexity index is 1370. The molecule has 2 aromatic heterocycles. The van der Waals surface area contributed by atoms with E-state index in [4.69, 9.17) is 14.6 Å². The molecule has 13 heteroatoms. The molecule has 0 radical (unpaired) electrons. The van der Waals surface area contributed by atoms with Crippen LogP contribution in [-0.2, 0) is 26.2 Å². The molecule has 0 aliphatic rings. The van der Waals surface area contributed by atoms with E-state index in [-0.39, 0.29) is 39.9 Å². The Morgan fingerprint density at radius 2 is 1.83 bits per heavy atom. The van der Waals surface area contributed by atoms with Crippen LogP contribution in [0.1, 0.15) is 12.0 Å². The Morgan fingerprint density at radius 1 is 1.14 bits per heavy atom. The summed E-state index contributed by atoms with van der Waals surface area (Å²) >= 11 is 0. The van der Waals surface area contributed by atoms with Crippen LogP contribution in [0.25, 0.3) is 11.3 Å². The average molecular weight is 522 g/mol. The van der Waals surface area contributed by atoms with Crippen LogP contribution < -0.4 is 9.47 Å². The summed E-state index contributed by atoms with van der Waals surface area (Å²) in [5.41, 5.74) is -0.00603. The number of methoxy groups -OCH3 is 2. The van der Waals surface area contributed by atoms with Crippen LogP contribution in [0.4, 0.5) is 4.39 Å². The van der Waals surface area contributed by atoms with Gasteiger partial charge in [0.15, 0.2) is 0 Å². The Labute approximate surface area is 206 Å². The minimum atomic E-state index is -4.34. The number of hydrogen-bond acceptors (Lipinski definition) is 8. The van der Waals surface area contributed by atoms with Gasteiger partial charge in [0, 0.05) is 29.9 Å². The van der Waals surface area contributed by atoms with Crippen LogP contribution in [0, 0.1) is 5.82 Å². The summed E-state index contributed by atoms with van der Waals surface area (Å²) in [6.07, 6.45) is 1.59. The van der Waals surface area contributed by atoms with E-state index in [1.807, 2.05) is 0 Å². The Kier molecular flexibility index (Phi) is 7.95. The van der Waals surface area contributed by atoms with Crippen LogP contribution in [0.3, 0.4) is 0 Å². The van der Waals surface area contributed by atoms with Crippen molar-refractivity contribution in [3.63, 3.8) is 0 Å². The van der Waals surface area contributed by atoms with E-state index >= 15 is 0 Å². The molecule has 0 fully saturated rings. The van der Waals surface area contributed by atoms with Crippen molar-refractivity contribution in [2.45, 2.75) is 23.9 Å². The standard InChI is InChI=1S/C23H24FN3O8S/c1-26(18(23(30)31)10-20(28)29)12-14-13-27(36(32,33)15-8-9-19(34-2)25-11-15)21(22(14)35-3)16-6-4-5-7-17(16)24/h4-9,11,13,18H,10,12H2,1-3H3,(H,28,29)(H,30,31)/t18-/m0/s1. The van der Waals surface area contributed by atoms with E-state index in [2.05, 4.69) is 4.98 Å². The first-order valence-corrected chi connectivity index (χ1v) is 11.9. The van der Waals surface area contributed by atoms with E-state index in [1.54, 1.807) is 0 Å². The van der Waals surface area contributed by atoms with Gasteiger partial charge in [0.25, 0.3) is 10.0 Å². The number of aromatic nitrogens is 2. The third-order valence-corrected chi connectivity index (χ3v) is 7.06. The number of carbonyl (C=O) groups is 2. The van der Waals surface area contributed by atoms with Crippen LogP contribution in [0.15, 0.2) is 53.7 Å². The number of carboxylic acid groups (broad SMARTS) is 2. The van der Waals surface area contributed by atoms with Crippen LogP contribution >= 0.6 is 0 Å². The fraction of sp³-hybridized carbons (Fsp3) is 0.261. The molecule has 0 saturated heterocycles. The first kappa shape index (κ1) is 26.6. The Balaban J connectivity index is 2.21. The first-order chi connectivity index (χ1) is 17.0. The van der Waals surface area contributed by atoms with Crippen LogP contribution in [-0.4, -0.2) is 71.7 Å². The van der Waals surface area contributed by atoms with Gasteiger partial charge in [-0.25, -0.2) is 21.8 Å². The molecular formula is C23H24FN3O8S. The SMILES string of the molecule is COc1ccc(S(=O)(=O)n2cc(CN(C)[C@@H](CC(=O)O)C(=O)O)c(OC)c2-c2ccccc2F)cn1. The highest BCUT2D eigenvalue weighted by Gasteiger charge is 2.31. The third kappa shape index (κ3) is 5.31. The molecule has 0 amide bonds. The number of pyridine rings is 1. The number of halogens is 1. The second-order valence-corrected chi connectivity index (χ2v) is 9.54. The maximum absolute atomic E-state index is 14.9. The highest BCUT2D eigenvalue weighted by Crippen LogP contribution is 2.39. The van der Waals surface area contributed by atoms with Crippen molar-refractivity contribution in [2.24, 2.45) is 0 Å². The van der Waals surface area contributed by atoms with Gasteiger partial charge >= 0.3 is 11.9 Å². The van der Waals surface area contributed by atoms with Gasteiger partial charge in [0.2, 0.25) is 5.88 Å². The van der Waals surface area contributed by atoms with Gasteiger partial charge in [0.1, 0.15) is 28.2 Å². The smallest absolute Gasteiger partial charge is 0.321 e. The van der Waals surface area contributed by atoms with Gasteiger partial charge in [-0.1, -0.05) is 12.1 Å². The van der Waals surface area contributed by atoms with Crippen LogP contribution in [0.5, 0.6) is 11.6 Å². The van der Waals surface area contributed by atoms with E-state index in [9.17, 15) is 27.5 Å². The van der Waals surface area contributed by atoms with E-state index in [0.29, 0.717) is 0 Å². The molecule has 0 bridgehead atoms. The Hall–Kier alpha value is -3.97. The average Bonchev–Trinajstić information content (AvgIpc) is 3.21. The zero-order chi connectivity index (χ0) is 26.6. The van der Waals surface area contributed by atoms with E-state index in [0.717, 1.165) is 16.2 Å². The number of ether oxygens (including phenoxy) is 2. The lowest BCUT2D eigenvalue weighted by atomic mass is 10.1. The second-order valence-electron chi connectivity index (χ2n) is 7.72. The normalized spacial score (nSPS) is 12.4. The van der Waals surface area contributed by atoms with E-state index in [1.165, 1.54) is 62.7 Å². The summed E-state index contributed by atoms with van der Waals surface area (Å²) in [7, 11) is -0.321. The molecule has 3 rings (SSSR count). The molecule has 11 nitrogen and oxygen atoms in total. The predicted molar refractivity (Wildman–Crippen MR) is 125 cm³/mol. The molecule has 36 heavy (non-hydrogen) atoms. The minimum absolute atomic E-state index is 0.0172. The second kappa shape index (κ2) is 10.7. The quantitative estimate of drug-likeness (QED) is 0.385. The summed E-state index contributed by atoms with van der Waals surface area (Å²) < 4.78 is 53.4. The van der Waals surface area contributed by atoms with Crippen molar-refractivity contribution < 1.29 is 42.1 Å². The summed E-state index contributed by atoms with van der Waals surface area (Å²) in [6, 6.07) is 6.73. The summed E-state index contributed by atoms with van der Waals surface area (Å²) in [4.78, 5) is 27.7. The first-order valence-electron chi connectivity index (χ1n) is 10.4. The topological polar surface area (TPSA) is 148 Å². The van der Waals surface area contributed by atoms with Gasteiger partial charge in [-0.15, -0.1) is 0 Å². The molecule has 0 aliphatic carbocycles. The molecule has 3 aromatic rings. The number of nitrogens with zero attached hydrogens (tertiary/aromatic N) is 3. The lowest BCUT2D eigenvalue weighted by Crippen LogP contribution is -2.39. The maximum atomic E-state index is 14.9. The molecule has 0 aliphatic heterocycles. The van der Waals surface area contributed by atoms with Gasteiger partial charge in [-0.3, -0.25) is 14.5 Å². The highest BCUT2D eigenvalue weighted by molar-refractivity contribution is 7.90. The number of aliphatic carboxylic acids is 2. The molecular weight excluding hydrogens is 497 g/mol. The van der Waals surface area contributed by atoms with Crippen molar-refractivity contribution in [1.29, 1.82) is 0 Å². The fourth-order valence-electron chi connectivity index (χ4n) is 3.67. The molecule has 2 heterocycles. The molecule has 0 saturated carbocycles. The Morgan fingerprint density at radius 3 is 2.36 bits per heavy atom. The molecule has 1 atom stereocenters. The molecule has 2 N–H and O–H groups in total. The maximum Gasteiger partial charge on any atom is 0.321 e. The van der Waals surface area contributed by atoms with Crippen LogP contribution in [0.2, 0.25) is 0 Å². The van der Waals surface area contributed by atoms with Crippen molar-refractivity contribution in [3.8, 4) is 22.9 Å². The monoisotopic (exact) mass is 521 g/mol. The molecule has 0 spiro atoms. The molecule has 1 aromatic carbocycles. The lowest BCUT2D eigenvalue weighted by Gasteiger charge is -2.23. The van der Waals surface area contributed by atoms with Gasteiger partial charge in [-0.05, 0) is 25.2 Å². The molecule has 0 unspecified atom stereocenters. The number of benzene rings is 1. The highest BCUT2D eigenvalue weighted by atomic mass is 32.2. The van der Waals surface area contributed by atoms with Crippen molar-refractivity contribution >= 4 is 22.0 Å². The van der Waals surface area contributed by atoms with Gasteiger partial charge < -0.3 is 19.7 Å². The summed E-state index contributed by atoms with van der Waals surface area (Å²) in [5.74, 6) is -3.23. The summed E-state index contributed by atoms with van der Waals surface area (Å²) in [5, 5.41) is 18.6. The zero-order valence-corrected chi connectivity index (χ0v) is 20.4. The zero-order valence-electron chi connectivity index (χ0n) is 19.6. The number of likely N-dealkylation sites (N-methyl/N-ethyl adjacent to an activating group) is 1. The van der Waals surface area contributed by atoms with Crippen molar-refractivity contribution in [1.82, 2.24) is 13.9 Å². The molecule has 192 valence electrons. The van der Waals surface area contributed by atoms with Gasteiger partial charge in [0.05, 0.1) is 26.8 Å². The summed E-state index contributed by atoms with van der Waals surface area (Å²) in [6.45, 7) is -0.210. The lowest BCUT2D eigenvalue weighted by molar-refractivity contribution is -0.149. The number of rotatable bonds is 11. The third-order valence-electron chi connectivity index (χ3n) is 5.41. The number of hydrogen-bond donors (Lipinski definition) is 2. The fourth-order valence-corrected chi connectivity index (χ4v) is 5.01. The van der Waals surface area contributed by atoms with Gasteiger partial charge in [-0.2, -0.15) is 0 Å². The number of carboxylic acids is 2. The predicted octanol–water partition coefficient (Wildman–Crippen LogP) is 2.30.